The van der Waals surface area contributed by atoms with E-state index in [-0.39, 0.29) is 0 Å². The van der Waals surface area contributed by atoms with Crippen molar-refractivity contribution in [2.24, 2.45) is 0 Å². The van der Waals surface area contributed by atoms with Gasteiger partial charge >= 0.3 is 5.97 Å². The van der Waals surface area contributed by atoms with Gasteiger partial charge in [-0.05, 0) is 24.1 Å². The molecule has 0 radical (unpaired) electrons. The Morgan fingerprint density at radius 1 is 1.28 bits per heavy atom. The minimum atomic E-state index is -0.992. The zero-order valence-corrected chi connectivity index (χ0v) is 10.9. The van der Waals surface area contributed by atoms with Crippen LogP contribution in [0.1, 0.15) is 37.9 Å². The zero-order valence-electron chi connectivity index (χ0n) is 10.9. The van der Waals surface area contributed by atoms with E-state index in [4.69, 9.17) is 14.6 Å². The molecule has 0 aliphatic rings. The Bertz CT molecular complexity index is 359. The van der Waals surface area contributed by atoms with E-state index in [0.717, 1.165) is 25.0 Å². The third-order valence-corrected chi connectivity index (χ3v) is 2.66. The highest BCUT2D eigenvalue weighted by molar-refractivity contribution is 5.74. The number of hydrogen-bond donors (Lipinski definition) is 1. The van der Waals surface area contributed by atoms with Gasteiger partial charge < -0.3 is 14.6 Å². The van der Waals surface area contributed by atoms with Crippen molar-refractivity contribution >= 4 is 5.97 Å². The minimum absolute atomic E-state index is 0.617. The summed E-state index contributed by atoms with van der Waals surface area (Å²) in [5.74, 6) is -0.232. The molecule has 1 unspecified atom stereocenters. The van der Waals surface area contributed by atoms with E-state index in [1.165, 1.54) is 7.11 Å². The van der Waals surface area contributed by atoms with Gasteiger partial charge in [0.25, 0.3) is 0 Å². The Labute approximate surface area is 108 Å². The summed E-state index contributed by atoms with van der Waals surface area (Å²) in [6.07, 6.45) is 2.44. The van der Waals surface area contributed by atoms with Gasteiger partial charge in [0.1, 0.15) is 5.75 Å². The summed E-state index contributed by atoms with van der Waals surface area (Å²) in [6.45, 7) is 2.84. The van der Waals surface area contributed by atoms with Crippen LogP contribution in [-0.4, -0.2) is 24.8 Å². The van der Waals surface area contributed by atoms with Gasteiger partial charge in [-0.1, -0.05) is 31.9 Å². The number of benzene rings is 1. The molecule has 0 heterocycles. The molecule has 1 aromatic rings. The second kappa shape index (κ2) is 7.71. The van der Waals surface area contributed by atoms with E-state index in [1.54, 1.807) is 24.3 Å². The van der Waals surface area contributed by atoms with Crippen LogP contribution in [0, 0.1) is 0 Å². The van der Waals surface area contributed by atoms with Crippen molar-refractivity contribution in [2.75, 3.05) is 13.7 Å². The number of unbranched alkanes of at least 4 members (excludes halogenated alkanes) is 2. The standard InChI is InChI=1S/C14H20O4/c1-3-4-5-10-18-12-8-6-11(7-9-12)13(17-2)14(15)16/h6-9,13H,3-5,10H2,1-2H3,(H,15,16). The van der Waals surface area contributed by atoms with Crippen molar-refractivity contribution in [1.29, 1.82) is 0 Å². The van der Waals surface area contributed by atoms with Crippen molar-refractivity contribution in [2.45, 2.75) is 32.3 Å². The first-order chi connectivity index (χ1) is 8.69. The molecule has 0 aliphatic carbocycles. The fourth-order valence-electron chi connectivity index (χ4n) is 1.66. The molecule has 0 fully saturated rings. The molecule has 100 valence electrons. The number of carbonyl (C=O) groups is 1. The first-order valence-electron chi connectivity index (χ1n) is 6.17. The smallest absolute Gasteiger partial charge is 0.337 e. The van der Waals surface area contributed by atoms with Crippen LogP contribution < -0.4 is 4.74 Å². The first-order valence-corrected chi connectivity index (χ1v) is 6.17. The predicted molar refractivity (Wildman–Crippen MR) is 68.8 cm³/mol. The van der Waals surface area contributed by atoms with E-state index < -0.39 is 12.1 Å². The second-order valence-electron chi connectivity index (χ2n) is 4.08. The second-order valence-corrected chi connectivity index (χ2v) is 4.08. The molecular weight excluding hydrogens is 232 g/mol. The lowest BCUT2D eigenvalue weighted by molar-refractivity contribution is -0.148. The van der Waals surface area contributed by atoms with E-state index in [9.17, 15) is 4.79 Å². The maximum Gasteiger partial charge on any atom is 0.337 e. The number of hydrogen-bond acceptors (Lipinski definition) is 3. The fourth-order valence-corrected chi connectivity index (χ4v) is 1.66. The Morgan fingerprint density at radius 2 is 1.94 bits per heavy atom. The number of carboxylic acids is 1. The number of ether oxygens (including phenoxy) is 2. The molecular formula is C14H20O4. The summed E-state index contributed by atoms with van der Waals surface area (Å²) in [5.41, 5.74) is 0.617. The van der Waals surface area contributed by atoms with E-state index in [1.807, 2.05) is 0 Å². The number of methoxy groups -OCH3 is 1. The van der Waals surface area contributed by atoms with Gasteiger partial charge in [-0.2, -0.15) is 0 Å². The van der Waals surface area contributed by atoms with Crippen LogP contribution in [-0.2, 0) is 9.53 Å². The molecule has 1 aromatic carbocycles. The molecule has 0 bridgehead atoms. The van der Waals surface area contributed by atoms with E-state index in [0.29, 0.717) is 12.2 Å². The van der Waals surface area contributed by atoms with Crippen molar-refractivity contribution in [1.82, 2.24) is 0 Å². The molecule has 0 aromatic heterocycles. The normalized spacial score (nSPS) is 12.1. The molecule has 0 spiro atoms. The van der Waals surface area contributed by atoms with Gasteiger partial charge in [-0.25, -0.2) is 4.79 Å². The SMILES string of the molecule is CCCCCOc1ccc(C(OC)C(=O)O)cc1. The van der Waals surface area contributed by atoms with Crippen LogP contribution in [0.2, 0.25) is 0 Å². The molecule has 1 N–H and O–H groups in total. The van der Waals surface area contributed by atoms with Crippen LogP contribution in [0.15, 0.2) is 24.3 Å². The predicted octanol–water partition coefficient (Wildman–Crippen LogP) is 3.03. The topological polar surface area (TPSA) is 55.8 Å². The molecule has 0 amide bonds. The lowest BCUT2D eigenvalue weighted by Crippen LogP contribution is -2.13. The molecule has 0 saturated heterocycles. The quantitative estimate of drug-likeness (QED) is 0.722. The maximum atomic E-state index is 10.9. The van der Waals surface area contributed by atoms with Gasteiger partial charge in [0, 0.05) is 7.11 Å². The average Bonchev–Trinajstić information content (AvgIpc) is 2.37. The van der Waals surface area contributed by atoms with Gasteiger partial charge in [0.2, 0.25) is 0 Å². The molecule has 4 heteroatoms. The number of rotatable bonds is 8. The van der Waals surface area contributed by atoms with Gasteiger partial charge in [-0.3, -0.25) is 0 Å². The van der Waals surface area contributed by atoms with Gasteiger partial charge in [-0.15, -0.1) is 0 Å². The van der Waals surface area contributed by atoms with Crippen molar-refractivity contribution < 1.29 is 19.4 Å². The summed E-state index contributed by atoms with van der Waals surface area (Å²) in [7, 11) is 1.38. The number of aliphatic carboxylic acids is 1. The summed E-state index contributed by atoms with van der Waals surface area (Å²) >= 11 is 0. The Morgan fingerprint density at radius 3 is 2.44 bits per heavy atom. The summed E-state index contributed by atoms with van der Waals surface area (Å²) in [4.78, 5) is 10.9. The van der Waals surface area contributed by atoms with Crippen molar-refractivity contribution in [3.8, 4) is 5.75 Å². The fraction of sp³-hybridized carbons (Fsp3) is 0.500. The third kappa shape index (κ3) is 4.37. The Balaban J connectivity index is 2.54. The first kappa shape index (κ1) is 14.5. The van der Waals surface area contributed by atoms with Crippen molar-refractivity contribution in [3.63, 3.8) is 0 Å². The summed E-state index contributed by atoms with van der Waals surface area (Å²) in [5, 5.41) is 8.94. The highest BCUT2D eigenvalue weighted by Crippen LogP contribution is 2.20. The van der Waals surface area contributed by atoms with Crippen LogP contribution >= 0.6 is 0 Å². The lowest BCUT2D eigenvalue weighted by atomic mass is 10.1. The molecule has 18 heavy (non-hydrogen) atoms. The van der Waals surface area contributed by atoms with Crippen LogP contribution in [0.5, 0.6) is 5.75 Å². The third-order valence-electron chi connectivity index (χ3n) is 2.66. The van der Waals surface area contributed by atoms with E-state index >= 15 is 0 Å². The molecule has 0 aliphatic heterocycles. The monoisotopic (exact) mass is 252 g/mol. The summed E-state index contributed by atoms with van der Waals surface area (Å²) in [6, 6.07) is 6.99. The summed E-state index contributed by atoms with van der Waals surface area (Å²) < 4.78 is 10.5. The molecule has 0 saturated carbocycles. The lowest BCUT2D eigenvalue weighted by Gasteiger charge is -2.11. The average molecular weight is 252 g/mol. The highest BCUT2D eigenvalue weighted by Gasteiger charge is 2.18. The van der Waals surface area contributed by atoms with Crippen LogP contribution in [0.3, 0.4) is 0 Å². The molecule has 4 nitrogen and oxygen atoms in total. The highest BCUT2D eigenvalue weighted by atomic mass is 16.5. The minimum Gasteiger partial charge on any atom is -0.494 e. The van der Waals surface area contributed by atoms with E-state index in [2.05, 4.69) is 6.92 Å². The van der Waals surface area contributed by atoms with Crippen molar-refractivity contribution in [3.05, 3.63) is 29.8 Å². The zero-order chi connectivity index (χ0) is 13.4. The Kier molecular flexibility index (Phi) is 6.22. The largest absolute Gasteiger partial charge is 0.494 e. The van der Waals surface area contributed by atoms with Gasteiger partial charge in [0.05, 0.1) is 6.61 Å². The maximum absolute atomic E-state index is 10.9. The molecule has 1 atom stereocenters. The van der Waals surface area contributed by atoms with Crippen LogP contribution in [0.25, 0.3) is 0 Å². The van der Waals surface area contributed by atoms with Gasteiger partial charge in [0.15, 0.2) is 6.10 Å². The molecule has 1 rings (SSSR count). The number of carboxylic acid groups (broad SMARTS) is 1. The Hall–Kier alpha value is -1.55. The van der Waals surface area contributed by atoms with Crippen LogP contribution in [0.4, 0.5) is 0 Å².